The highest BCUT2D eigenvalue weighted by atomic mass is 32.2. The van der Waals surface area contributed by atoms with Gasteiger partial charge in [0.2, 0.25) is 5.91 Å². The number of amides is 2. The first-order chi connectivity index (χ1) is 11.0. The number of fused-ring (bicyclic) bond motifs is 1. The van der Waals surface area contributed by atoms with Crippen LogP contribution in [0.3, 0.4) is 0 Å². The molecule has 2 amide bonds. The van der Waals surface area contributed by atoms with Crippen LogP contribution in [-0.4, -0.2) is 66.1 Å². The van der Waals surface area contributed by atoms with Gasteiger partial charge in [-0.15, -0.1) is 0 Å². The fraction of sp³-hybridized carbons (Fsp3) is 0.529. The Labute approximate surface area is 141 Å². The number of hydrogen-bond acceptors (Lipinski definition) is 4. The Balaban J connectivity index is 1.84. The first-order valence-corrected chi connectivity index (χ1v) is 8.87. The lowest BCUT2D eigenvalue weighted by Gasteiger charge is -2.42. The fourth-order valence-electron chi connectivity index (χ4n) is 3.22. The summed E-state index contributed by atoms with van der Waals surface area (Å²) in [5, 5.41) is 0. The van der Waals surface area contributed by atoms with Crippen molar-refractivity contribution < 1.29 is 9.59 Å². The van der Waals surface area contributed by atoms with Gasteiger partial charge in [-0.05, 0) is 25.6 Å². The zero-order valence-corrected chi connectivity index (χ0v) is 14.7. The topological polar surface area (TPSA) is 43.9 Å². The number of carbonyl (C=O) groups excluding carboxylic acids is 2. The predicted molar refractivity (Wildman–Crippen MR) is 92.8 cm³/mol. The molecule has 0 N–H and O–H groups in total. The third-order valence-electron chi connectivity index (χ3n) is 4.77. The van der Waals surface area contributed by atoms with E-state index in [4.69, 9.17) is 0 Å². The van der Waals surface area contributed by atoms with Crippen LogP contribution in [0.2, 0.25) is 0 Å². The second-order valence-corrected chi connectivity index (χ2v) is 7.65. The molecule has 1 fully saturated rings. The summed E-state index contributed by atoms with van der Waals surface area (Å²) in [7, 11) is 1.75. The summed E-state index contributed by atoms with van der Waals surface area (Å²) >= 11 is 1.38. The lowest BCUT2D eigenvalue weighted by atomic mass is 10.1. The fourth-order valence-corrected chi connectivity index (χ4v) is 4.55. The lowest BCUT2D eigenvalue weighted by Crippen LogP contribution is -2.59. The maximum atomic E-state index is 13.1. The number of piperazine rings is 1. The molecule has 0 radical (unpaired) electrons. The average Bonchev–Trinajstić information content (AvgIpc) is 2.59. The molecule has 1 unspecified atom stereocenters. The summed E-state index contributed by atoms with van der Waals surface area (Å²) in [6.07, 6.45) is 0. The number of thioether (sulfide) groups is 1. The molecule has 0 spiro atoms. The first kappa shape index (κ1) is 16.3. The Kier molecular flexibility index (Phi) is 4.38. The van der Waals surface area contributed by atoms with Crippen LogP contribution in [0.5, 0.6) is 0 Å². The molecule has 5 nitrogen and oxygen atoms in total. The summed E-state index contributed by atoms with van der Waals surface area (Å²) in [5.41, 5.74) is 0.878. The first-order valence-electron chi connectivity index (χ1n) is 8.05. The number of carbonyl (C=O) groups is 2. The number of benzene rings is 1. The van der Waals surface area contributed by atoms with E-state index in [0.29, 0.717) is 13.1 Å². The molecular formula is C17H23N3O2S. The van der Waals surface area contributed by atoms with E-state index in [1.165, 1.54) is 11.8 Å². The molecule has 0 aromatic heterocycles. The predicted octanol–water partition coefficient (Wildman–Crippen LogP) is 1.68. The number of hydrogen-bond donors (Lipinski definition) is 0. The maximum absolute atomic E-state index is 13.1. The smallest absolute Gasteiger partial charge is 0.252 e. The maximum Gasteiger partial charge on any atom is 0.252 e. The minimum Gasteiger partial charge on any atom is -0.338 e. The van der Waals surface area contributed by atoms with E-state index in [1.54, 1.807) is 18.9 Å². The van der Waals surface area contributed by atoms with Gasteiger partial charge in [-0.2, -0.15) is 0 Å². The monoisotopic (exact) mass is 333 g/mol. The Morgan fingerprint density at radius 1 is 1.22 bits per heavy atom. The van der Waals surface area contributed by atoms with Gasteiger partial charge in [-0.1, -0.05) is 30.8 Å². The van der Waals surface area contributed by atoms with Crippen LogP contribution in [0, 0.1) is 0 Å². The van der Waals surface area contributed by atoms with E-state index < -0.39 is 4.75 Å². The highest BCUT2D eigenvalue weighted by molar-refractivity contribution is 8.02. The third kappa shape index (κ3) is 2.74. The zero-order chi connectivity index (χ0) is 16.6. The van der Waals surface area contributed by atoms with Crippen molar-refractivity contribution in [3.63, 3.8) is 0 Å². The van der Waals surface area contributed by atoms with Crippen LogP contribution in [0.15, 0.2) is 29.2 Å². The Morgan fingerprint density at radius 3 is 2.52 bits per heavy atom. The molecule has 2 heterocycles. The van der Waals surface area contributed by atoms with E-state index in [9.17, 15) is 9.59 Å². The van der Waals surface area contributed by atoms with Crippen molar-refractivity contribution in [2.24, 2.45) is 0 Å². The van der Waals surface area contributed by atoms with E-state index in [1.807, 2.05) is 29.2 Å². The molecule has 0 bridgehead atoms. The molecule has 1 saturated heterocycles. The molecule has 2 aliphatic rings. The standard InChI is InChI=1S/C17H23N3O2S/c1-4-19-9-11-20(12-10-19)16(22)17(2)15(21)18(3)13-7-5-6-8-14(13)23-17/h5-8H,4,9-12H2,1-3H3. The van der Waals surface area contributed by atoms with E-state index in [-0.39, 0.29) is 11.8 Å². The molecule has 6 heteroatoms. The van der Waals surface area contributed by atoms with Gasteiger partial charge in [0.15, 0.2) is 4.75 Å². The number of rotatable bonds is 2. The van der Waals surface area contributed by atoms with Gasteiger partial charge in [-0.3, -0.25) is 9.59 Å². The molecule has 23 heavy (non-hydrogen) atoms. The Morgan fingerprint density at radius 2 is 1.87 bits per heavy atom. The number of likely N-dealkylation sites (N-methyl/N-ethyl adjacent to an activating group) is 1. The normalized spacial score (nSPS) is 25.4. The lowest BCUT2D eigenvalue weighted by molar-refractivity contribution is -0.139. The van der Waals surface area contributed by atoms with Gasteiger partial charge >= 0.3 is 0 Å². The summed E-state index contributed by atoms with van der Waals surface area (Å²) < 4.78 is -1.07. The van der Waals surface area contributed by atoms with Gasteiger partial charge in [-0.25, -0.2) is 0 Å². The molecule has 124 valence electrons. The van der Waals surface area contributed by atoms with Crippen molar-refractivity contribution in [3.8, 4) is 0 Å². The van der Waals surface area contributed by atoms with Crippen LogP contribution in [0.1, 0.15) is 13.8 Å². The van der Waals surface area contributed by atoms with E-state index in [0.717, 1.165) is 30.2 Å². The third-order valence-corrected chi connectivity index (χ3v) is 6.09. The highest BCUT2D eigenvalue weighted by Gasteiger charge is 2.50. The van der Waals surface area contributed by atoms with Crippen molar-refractivity contribution >= 4 is 29.3 Å². The highest BCUT2D eigenvalue weighted by Crippen LogP contribution is 2.45. The molecule has 1 aromatic rings. The molecule has 0 saturated carbocycles. The van der Waals surface area contributed by atoms with E-state index >= 15 is 0 Å². The van der Waals surface area contributed by atoms with Crippen LogP contribution in [0.4, 0.5) is 5.69 Å². The number of nitrogens with zero attached hydrogens (tertiary/aromatic N) is 3. The van der Waals surface area contributed by atoms with Crippen molar-refractivity contribution in [1.29, 1.82) is 0 Å². The molecule has 2 aliphatic heterocycles. The molecule has 1 aromatic carbocycles. The van der Waals surface area contributed by atoms with Crippen LogP contribution >= 0.6 is 11.8 Å². The van der Waals surface area contributed by atoms with Crippen LogP contribution in [-0.2, 0) is 9.59 Å². The molecule has 1 atom stereocenters. The summed E-state index contributed by atoms with van der Waals surface area (Å²) in [6.45, 7) is 8.05. The van der Waals surface area contributed by atoms with Crippen molar-refractivity contribution in [2.75, 3.05) is 44.7 Å². The van der Waals surface area contributed by atoms with Gasteiger partial charge in [0.1, 0.15) is 0 Å². The Hall–Kier alpha value is -1.53. The van der Waals surface area contributed by atoms with Crippen LogP contribution < -0.4 is 4.90 Å². The minimum absolute atomic E-state index is 0.0652. The molecular weight excluding hydrogens is 310 g/mol. The second-order valence-electron chi connectivity index (χ2n) is 6.19. The Bertz CT molecular complexity index is 628. The molecule has 0 aliphatic carbocycles. The van der Waals surface area contributed by atoms with Gasteiger partial charge in [0.05, 0.1) is 5.69 Å². The van der Waals surface area contributed by atoms with Gasteiger partial charge in [0.25, 0.3) is 5.91 Å². The summed E-state index contributed by atoms with van der Waals surface area (Å²) in [6, 6.07) is 7.76. The van der Waals surface area contributed by atoms with Crippen molar-refractivity contribution in [2.45, 2.75) is 23.5 Å². The zero-order valence-electron chi connectivity index (χ0n) is 13.9. The van der Waals surface area contributed by atoms with Crippen molar-refractivity contribution in [1.82, 2.24) is 9.80 Å². The number of para-hydroxylation sites is 1. The minimum atomic E-state index is -1.07. The van der Waals surface area contributed by atoms with Crippen molar-refractivity contribution in [3.05, 3.63) is 24.3 Å². The van der Waals surface area contributed by atoms with Crippen LogP contribution in [0.25, 0.3) is 0 Å². The molecule has 3 rings (SSSR count). The van der Waals surface area contributed by atoms with Gasteiger partial charge in [0, 0.05) is 38.1 Å². The SMILES string of the molecule is CCN1CCN(C(=O)C2(C)Sc3ccccc3N(C)C2=O)CC1. The quantitative estimate of drug-likeness (QED) is 0.773. The second kappa shape index (κ2) is 6.17. The average molecular weight is 333 g/mol. The summed E-state index contributed by atoms with van der Waals surface area (Å²) in [4.78, 5) is 32.7. The van der Waals surface area contributed by atoms with E-state index in [2.05, 4.69) is 11.8 Å². The summed E-state index contributed by atoms with van der Waals surface area (Å²) in [5.74, 6) is -0.200. The van der Waals surface area contributed by atoms with Gasteiger partial charge < -0.3 is 14.7 Å². The number of anilines is 1. The largest absolute Gasteiger partial charge is 0.338 e.